The van der Waals surface area contributed by atoms with Gasteiger partial charge in [0, 0.05) is 5.57 Å². The lowest BCUT2D eigenvalue weighted by Gasteiger charge is -2.11. The van der Waals surface area contributed by atoms with E-state index in [1.165, 1.54) is 12.3 Å². The van der Waals surface area contributed by atoms with Gasteiger partial charge in [-0.05, 0) is 43.3 Å². The lowest BCUT2D eigenvalue weighted by Crippen LogP contribution is -2.11. The van der Waals surface area contributed by atoms with E-state index in [1.54, 1.807) is 25.1 Å². The van der Waals surface area contributed by atoms with Gasteiger partial charge in [0.05, 0.1) is 11.9 Å². The van der Waals surface area contributed by atoms with Gasteiger partial charge < -0.3 is 9.47 Å². The summed E-state index contributed by atoms with van der Waals surface area (Å²) in [6, 6.07) is 24.9. The lowest BCUT2D eigenvalue weighted by molar-refractivity contribution is 0.467. The minimum atomic E-state index is -0.454. The monoisotopic (exact) mass is 347 g/mol. The third kappa shape index (κ3) is 4.80. The molecule has 3 aromatic rings. The number of hydrogen-bond acceptors (Lipinski definition) is 3. The van der Waals surface area contributed by atoms with Crippen LogP contribution in [0.15, 0.2) is 102 Å². The number of halogens is 1. The van der Waals surface area contributed by atoms with Crippen molar-refractivity contribution in [3.63, 3.8) is 0 Å². The Balaban J connectivity index is 1.89. The molecule has 0 saturated carbocycles. The van der Waals surface area contributed by atoms with Gasteiger partial charge in [-0.2, -0.15) is 0 Å². The van der Waals surface area contributed by atoms with Crippen LogP contribution >= 0.6 is 0 Å². The van der Waals surface area contributed by atoms with Crippen molar-refractivity contribution in [2.75, 3.05) is 0 Å². The van der Waals surface area contributed by atoms with Crippen molar-refractivity contribution in [3.05, 3.63) is 103 Å². The third-order valence-electron chi connectivity index (χ3n) is 3.48. The van der Waals surface area contributed by atoms with Crippen molar-refractivity contribution in [2.24, 2.45) is 4.99 Å². The van der Waals surface area contributed by atoms with E-state index < -0.39 is 5.82 Å². The van der Waals surface area contributed by atoms with Gasteiger partial charge >= 0.3 is 0 Å². The summed E-state index contributed by atoms with van der Waals surface area (Å²) in [5.41, 5.74) is 1.33. The molecule has 0 aliphatic heterocycles. The molecule has 0 unspecified atom stereocenters. The van der Waals surface area contributed by atoms with Crippen LogP contribution in [0.3, 0.4) is 0 Å². The molecule has 0 saturated heterocycles. The summed E-state index contributed by atoms with van der Waals surface area (Å²) in [5.74, 6) is 0.605. The first-order valence-electron chi connectivity index (χ1n) is 8.17. The molecule has 0 N–H and O–H groups in total. The Morgan fingerprint density at radius 3 is 2.15 bits per heavy atom. The molecule has 4 heteroatoms. The molecule has 130 valence electrons. The van der Waals surface area contributed by atoms with Gasteiger partial charge in [-0.15, -0.1) is 0 Å². The first-order chi connectivity index (χ1) is 12.7. The summed E-state index contributed by atoms with van der Waals surface area (Å²) in [7, 11) is 0. The molecule has 0 radical (unpaired) electrons. The Labute approximate surface area is 152 Å². The number of nitrogens with zero attached hydrogens (tertiary/aromatic N) is 1. The number of hydrogen-bond donors (Lipinski definition) is 0. The third-order valence-corrected chi connectivity index (χ3v) is 3.48. The maximum atomic E-state index is 14.0. The van der Waals surface area contributed by atoms with Crippen LogP contribution in [0.25, 0.3) is 0 Å². The first-order valence-corrected chi connectivity index (χ1v) is 8.17. The predicted molar refractivity (Wildman–Crippen MR) is 101 cm³/mol. The standard InChI is InChI=1S/C22H18FNO2/c1-17(16-25-19-12-6-3-7-13-19)22(24-18-10-4-2-5-11-18)26-21-15-9-8-14-20(21)23/h2-16H,1H3/b17-16+,24-22-. The summed E-state index contributed by atoms with van der Waals surface area (Å²) < 4.78 is 25.3. The minimum absolute atomic E-state index is 0.106. The zero-order valence-electron chi connectivity index (χ0n) is 14.3. The molecular formula is C22H18FNO2. The molecule has 0 atom stereocenters. The van der Waals surface area contributed by atoms with Crippen LogP contribution in [-0.4, -0.2) is 5.90 Å². The second kappa shape index (κ2) is 8.62. The van der Waals surface area contributed by atoms with Crippen molar-refractivity contribution in [1.82, 2.24) is 0 Å². The molecule has 0 bridgehead atoms. The summed E-state index contributed by atoms with van der Waals surface area (Å²) in [5, 5.41) is 0. The second-order valence-corrected chi connectivity index (χ2v) is 5.52. The average Bonchev–Trinajstić information content (AvgIpc) is 2.69. The fraction of sp³-hybridized carbons (Fsp3) is 0.0455. The van der Waals surface area contributed by atoms with Crippen molar-refractivity contribution < 1.29 is 13.9 Å². The molecule has 0 aliphatic rings. The predicted octanol–water partition coefficient (Wildman–Crippen LogP) is 5.92. The fourth-order valence-corrected chi connectivity index (χ4v) is 2.15. The maximum Gasteiger partial charge on any atom is 0.225 e. The van der Waals surface area contributed by atoms with Gasteiger partial charge in [0.1, 0.15) is 5.75 Å². The molecule has 0 heterocycles. The number of rotatable bonds is 5. The van der Waals surface area contributed by atoms with E-state index >= 15 is 0 Å². The van der Waals surface area contributed by atoms with Crippen LogP contribution in [0, 0.1) is 5.82 Å². The Morgan fingerprint density at radius 1 is 0.846 bits per heavy atom. The molecule has 26 heavy (non-hydrogen) atoms. The maximum absolute atomic E-state index is 14.0. The van der Waals surface area contributed by atoms with Crippen LogP contribution in [0.2, 0.25) is 0 Å². The quantitative estimate of drug-likeness (QED) is 0.326. The van der Waals surface area contributed by atoms with Crippen LogP contribution in [0.1, 0.15) is 6.92 Å². The Morgan fingerprint density at radius 2 is 1.46 bits per heavy atom. The summed E-state index contributed by atoms with van der Waals surface area (Å²) in [4.78, 5) is 4.49. The van der Waals surface area contributed by atoms with E-state index in [2.05, 4.69) is 4.99 Å². The first kappa shape index (κ1) is 17.4. The van der Waals surface area contributed by atoms with Gasteiger partial charge in [-0.25, -0.2) is 9.38 Å². The molecule has 3 nitrogen and oxygen atoms in total. The van der Waals surface area contributed by atoms with Crippen molar-refractivity contribution >= 4 is 11.6 Å². The highest BCUT2D eigenvalue weighted by molar-refractivity contribution is 5.96. The Kier molecular flexibility index (Phi) is 5.78. The SMILES string of the molecule is CC(=C\Oc1ccccc1)/C(=N/c1ccccc1)Oc1ccccc1F. The highest BCUT2D eigenvalue weighted by atomic mass is 19.1. The summed E-state index contributed by atoms with van der Waals surface area (Å²) >= 11 is 0. The molecule has 0 amide bonds. The van der Waals surface area contributed by atoms with E-state index in [9.17, 15) is 4.39 Å². The smallest absolute Gasteiger partial charge is 0.225 e. The lowest BCUT2D eigenvalue weighted by atomic mass is 10.3. The van der Waals surface area contributed by atoms with E-state index in [0.717, 1.165) is 0 Å². The molecule has 0 spiro atoms. The summed E-state index contributed by atoms with van der Waals surface area (Å²) in [6.07, 6.45) is 1.54. The van der Waals surface area contributed by atoms with Crippen molar-refractivity contribution in [2.45, 2.75) is 6.92 Å². The van der Waals surface area contributed by atoms with Crippen LogP contribution in [0.5, 0.6) is 11.5 Å². The van der Waals surface area contributed by atoms with Crippen LogP contribution in [0.4, 0.5) is 10.1 Å². The topological polar surface area (TPSA) is 30.8 Å². The molecule has 3 aromatic carbocycles. The van der Waals surface area contributed by atoms with Crippen molar-refractivity contribution in [1.29, 1.82) is 0 Å². The van der Waals surface area contributed by atoms with Gasteiger partial charge in [0.15, 0.2) is 11.6 Å². The van der Waals surface area contributed by atoms with Gasteiger partial charge in [-0.1, -0.05) is 48.5 Å². The molecule has 0 aromatic heterocycles. The summed E-state index contributed by atoms with van der Waals surface area (Å²) in [6.45, 7) is 1.80. The largest absolute Gasteiger partial charge is 0.465 e. The zero-order valence-corrected chi connectivity index (χ0v) is 14.3. The number of aliphatic imine (C=N–C) groups is 1. The van der Waals surface area contributed by atoms with E-state index in [-0.39, 0.29) is 11.6 Å². The highest BCUT2D eigenvalue weighted by Crippen LogP contribution is 2.20. The van der Waals surface area contributed by atoms with Gasteiger partial charge in [0.2, 0.25) is 5.90 Å². The number of ether oxygens (including phenoxy) is 2. The van der Waals surface area contributed by atoms with Gasteiger partial charge in [-0.3, -0.25) is 0 Å². The van der Waals surface area contributed by atoms with Crippen LogP contribution < -0.4 is 9.47 Å². The molecule has 0 fully saturated rings. The second-order valence-electron chi connectivity index (χ2n) is 5.52. The van der Waals surface area contributed by atoms with E-state index in [1.807, 2.05) is 60.7 Å². The number of benzene rings is 3. The fourth-order valence-electron chi connectivity index (χ4n) is 2.15. The van der Waals surface area contributed by atoms with Gasteiger partial charge in [0.25, 0.3) is 0 Å². The normalized spacial score (nSPS) is 11.9. The minimum Gasteiger partial charge on any atom is -0.465 e. The molecule has 0 aliphatic carbocycles. The Bertz CT molecular complexity index is 906. The van der Waals surface area contributed by atoms with E-state index in [0.29, 0.717) is 17.0 Å². The van der Waals surface area contributed by atoms with Crippen LogP contribution in [-0.2, 0) is 0 Å². The van der Waals surface area contributed by atoms with Crippen molar-refractivity contribution in [3.8, 4) is 11.5 Å². The highest BCUT2D eigenvalue weighted by Gasteiger charge is 2.10. The molecular weight excluding hydrogens is 329 g/mol. The molecule has 3 rings (SSSR count). The average molecular weight is 347 g/mol. The number of para-hydroxylation sites is 3. The van der Waals surface area contributed by atoms with E-state index in [4.69, 9.17) is 9.47 Å². The zero-order chi connectivity index (χ0) is 18.2. The Hall–Kier alpha value is -3.40.